The Morgan fingerprint density at radius 2 is 2.33 bits per heavy atom. The zero-order valence-electron chi connectivity index (χ0n) is 11.2. The van der Waals surface area contributed by atoms with Gasteiger partial charge >= 0.3 is 0 Å². The van der Waals surface area contributed by atoms with E-state index in [-0.39, 0.29) is 18.9 Å². The first-order chi connectivity index (χ1) is 10.1. The number of rotatable bonds is 6. The fourth-order valence-corrected chi connectivity index (χ4v) is 2.06. The third-order valence-electron chi connectivity index (χ3n) is 2.94. The van der Waals surface area contributed by atoms with Crippen molar-refractivity contribution in [1.29, 1.82) is 0 Å². The van der Waals surface area contributed by atoms with Gasteiger partial charge in [0.25, 0.3) is 0 Å². The average molecular weight is 312 g/mol. The summed E-state index contributed by atoms with van der Waals surface area (Å²) in [6, 6.07) is 5.15. The summed E-state index contributed by atoms with van der Waals surface area (Å²) >= 11 is 5.72. The summed E-state index contributed by atoms with van der Waals surface area (Å²) in [6.45, 7) is 0.0721. The summed E-state index contributed by atoms with van der Waals surface area (Å²) in [5.41, 5.74) is 0.521. The quantitative estimate of drug-likeness (QED) is 0.856. The van der Waals surface area contributed by atoms with Gasteiger partial charge in [-0.15, -0.1) is 0 Å². The first kappa shape index (κ1) is 15.5. The Labute approximate surface area is 126 Å². The van der Waals surface area contributed by atoms with Gasteiger partial charge in [-0.25, -0.2) is 4.39 Å². The molecule has 0 saturated carbocycles. The van der Waals surface area contributed by atoms with Gasteiger partial charge in [-0.2, -0.15) is 5.10 Å². The standard InChI is InChI=1S/C14H15ClFN3O2/c15-11-7-17-19(8-11)5-4-14(21)18-13(9-20)10-2-1-3-12(16)6-10/h1-3,6-8,13,20H,4-5,9H2,(H,18,21). The van der Waals surface area contributed by atoms with Crippen LogP contribution in [0.4, 0.5) is 4.39 Å². The molecule has 1 aromatic carbocycles. The molecule has 7 heteroatoms. The summed E-state index contributed by atoms with van der Waals surface area (Å²) < 4.78 is 14.7. The molecule has 0 radical (unpaired) electrons. The van der Waals surface area contributed by atoms with E-state index in [0.29, 0.717) is 17.1 Å². The van der Waals surface area contributed by atoms with Crippen LogP contribution in [0.2, 0.25) is 5.02 Å². The molecule has 0 aliphatic carbocycles. The van der Waals surface area contributed by atoms with Crippen molar-refractivity contribution in [2.45, 2.75) is 19.0 Å². The third kappa shape index (κ3) is 4.54. The summed E-state index contributed by atoms with van der Waals surface area (Å²) in [6.07, 6.45) is 3.29. The van der Waals surface area contributed by atoms with Crippen LogP contribution in [0.5, 0.6) is 0 Å². The van der Waals surface area contributed by atoms with E-state index in [9.17, 15) is 14.3 Å². The Kier molecular flexibility index (Phi) is 5.30. The van der Waals surface area contributed by atoms with Gasteiger partial charge in [0, 0.05) is 19.2 Å². The predicted molar refractivity (Wildman–Crippen MR) is 76.2 cm³/mol. The molecule has 1 atom stereocenters. The highest BCUT2D eigenvalue weighted by atomic mass is 35.5. The number of hydrogen-bond donors (Lipinski definition) is 2. The van der Waals surface area contributed by atoms with Crippen LogP contribution in [-0.2, 0) is 11.3 Å². The number of amides is 1. The van der Waals surface area contributed by atoms with Crippen LogP contribution in [0, 0.1) is 5.82 Å². The fraction of sp³-hybridized carbons (Fsp3) is 0.286. The summed E-state index contributed by atoms with van der Waals surface area (Å²) in [4.78, 5) is 11.9. The minimum Gasteiger partial charge on any atom is -0.394 e. The van der Waals surface area contributed by atoms with E-state index in [0.717, 1.165) is 0 Å². The van der Waals surface area contributed by atoms with Crippen LogP contribution in [0.25, 0.3) is 0 Å². The van der Waals surface area contributed by atoms with Gasteiger partial charge in [0.15, 0.2) is 0 Å². The normalized spacial score (nSPS) is 12.1. The van der Waals surface area contributed by atoms with Gasteiger partial charge in [-0.1, -0.05) is 23.7 Å². The molecular weight excluding hydrogens is 297 g/mol. The second kappa shape index (κ2) is 7.19. The highest BCUT2D eigenvalue weighted by molar-refractivity contribution is 6.30. The molecule has 0 aliphatic heterocycles. The maximum absolute atomic E-state index is 13.2. The molecule has 0 aliphatic rings. The van der Waals surface area contributed by atoms with E-state index in [1.54, 1.807) is 16.9 Å². The minimum absolute atomic E-state index is 0.184. The molecule has 0 saturated heterocycles. The van der Waals surface area contributed by atoms with Gasteiger partial charge in [0.05, 0.1) is 23.9 Å². The van der Waals surface area contributed by atoms with Crippen LogP contribution < -0.4 is 5.32 Å². The van der Waals surface area contributed by atoms with Crippen molar-refractivity contribution in [3.63, 3.8) is 0 Å². The summed E-state index contributed by atoms with van der Waals surface area (Å²) in [5, 5.41) is 16.5. The molecule has 1 aromatic heterocycles. The smallest absolute Gasteiger partial charge is 0.222 e. The van der Waals surface area contributed by atoms with Gasteiger partial charge in [0.1, 0.15) is 5.82 Å². The Balaban J connectivity index is 1.90. The maximum Gasteiger partial charge on any atom is 0.222 e. The Morgan fingerprint density at radius 1 is 1.52 bits per heavy atom. The molecule has 112 valence electrons. The molecule has 2 rings (SSSR count). The van der Waals surface area contributed by atoms with Crippen LogP contribution in [0.1, 0.15) is 18.0 Å². The number of nitrogens with one attached hydrogen (secondary N) is 1. The number of nitrogens with zero attached hydrogens (tertiary/aromatic N) is 2. The number of halogens is 2. The van der Waals surface area contributed by atoms with E-state index >= 15 is 0 Å². The van der Waals surface area contributed by atoms with Crippen LogP contribution >= 0.6 is 11.6 Å². The Morgan fingerprint density at radius 3 is 2.95 bits per heavy atom. The number of aliphatic hydroxyl groups is 1. The van der Waals surface area contributed by atoms with E-state index < -0.39 is 11.9 Å². The van der Waals surface area contributed by atoms with Crippen molar-refractivity contribution in [2.24, 2.45) is 0 Å². The van der Waals surface area contributed by atoms with Gasteiger partial charge in [-0.3, -0.25) is 9.48 Å². The molecule has 2 N–H and O–H groups in total. The first-order valence-corrected chi connectivity index (χ1v) is 6.80. The minimum atomic E-state index is -0.630. The zero-order chi connectivity index (χ0) is 15.2. The molecule has 0 fully saturated rings. The predicted octanol–water partition coefficient (Wildman–Crippen LogP) is 1.92. The summed E-state index contributed by atoms with van der Waals surface area (Å²) in [7, 11) is 0. The molecule has 2 aromatic rings. The number of benzene rings is 1. The Bertz CT molecular complexity index is 618. The number of aliphatic hydroxyl groups excluding tert-OH is 1. The molecular formula is C14H15ClFN3O2. The molecule has 1 heterocycles. The zero-order valence-corrected chi connectivity index (χ0v) is 11.9. The monoisotopic (exact) mass is 311 g/mol. The lowest BCUT2D eigenvalue weighted by atomic mass is 10.1. The number of carbonyl (C=O) groups is 1. The number of aromatic nitrogens is 2. The molecule has 1 unspecified atom stereocenters. The lowest BCUT2D eigenvalue weighted by Crippen LogP contribution is -2.31. The summed E-state index contributed by atoms with van der Waals surface area (Å²) in [5.74, 6) is -0.670. The number of hydrogen-bond acceptors (Lipinski definition) is 3. The van der Waals surface area contributed by atoms with Crippen molar-refractivity contribution in [1.82, 2.24) is 15.1 Å². The highest BCUT2D eigenvalue weighted by Crippen LogP contribution is 2.14. The molecule has 0 bridgehead atoms. The first-order valence-electron chi connectivity index (χ1n) is 6.42. The second-order valence-corrected chi connectivity index (χ2v) is 4.97. The van der Waals surface area contributed by atoms with Gasteiger partial charge in [-0.05, 0) is 17.7 Å². The lowest BCUT2D eigenvalue weighted by molar-refractivity contribution is -0.122. The van der Waals surface area contributed by atoms with E-state index in [4.69, 9.17) is 11.6 Å². The largest absolute Gasteiger partial charge is 0.394 e. The van der Waals surface area contributed by atoms with Gasteiger partial charge in [0.2, 0.25) is 5.91 Å². The van der Waals surface area contributed by atoms with Crippen LogP contribution in [0.15, 0.2) is 36.7 Å². The second-order valence-electron chi connectivity index (χ2n) is 4.53. The topological polar surface area (TPSA) is 67.2 Å². The van der Waals surface area contributed by atoms with E-state index in [1.807, 2.05) is 0 Å². The highest BCUT2D eigenvalue weighted by Gasteiger charge is 2.14. The van der Waals surface area contributed by atoms with Crippen molar-refractivity contribution < 1.29 is 14.3 Å². The van der Waals surface area contributed by atoms with E-state index in [2.05, 4.69) is 10.4 Å². The molecule has 21 heavy (non-hydrogen) atoms. The fourth-order valence-electron chi connectivity index (χ4n) is 1.90. The van der Waals surface area contributed by atoms with Gasteiger partial charge < -0.3 is 10.4 Å². The lowest BCUT2D eigenvalue weighted by Gasteiger charge is -2.16. The molecule has 5 nitrogen and oxygen atoms in total. The molecule has 0 spiro atoms. The molecule has 1 amide bonds. The van der Waals surface area contributed by atoms with Crippen molar-refractivity contribution in [2.75, 3.05) is 6.61 Å². The Hall–Kier alpha value is -1.92. The van der Waals surface area contributed by atoms with Crippen molar-refractivity contribution >= 4 is 17.5 Å². The number of carbonyl (C=O) groups excluding carboxylic acids is 1. The maximum atomic E-state index is 13.2. The number of aryl methyl sites for hydroxylation is 1. The van der Waals surface area contributed by atoms with Crippen molar-refractivity contribution in [3.05, 3.63) is 53.1 Å². The van der Waals surface area contributed by atoms with Crippen molar-refractivity contribution in [3.8, 4) is 0 Å². The van der Waals surface area contributed by atoms with E-state index in [1.165, 1.54) is 24.4 Å². The SMILES string of the molecule is O=C(CCn1cc(Cl)cn1)NC(CO)c1cccc(F)c1. The van der Waals surface area contributed by atoms with Crippen LogP contribution in [0.3, 0.4) is 0 Å². The van der Waals surface area contributed by atoms with Crippen LogP contribution in [-0.4, -0.2) is 27.4 Å². The average Bonchev–Trinajstić information content (AvgIpc) is 2.88. The third-order valence-corrected chi connectivity index (χ3v) is 3.13.